The second-order valence-corrected chi connectivity index (χ2v) is 4.98. The highest BCUT2D eigenvalue weighted by molar-refractivity contribution is 6.06. The summed E-state index contributed by atoms with van der Waals surface area (Å²) in [6, 6.07) is 0.260. The number of carbonyl (C=O) groups is 1. The molecular formula is C10H16N2O. The van der Waals surface area contributed by atoms with Crippen LogP contribution < -0.4 is 5.43 Å². The van der Waals surface area contributed by atoms with Gasteiger partial charge in [-0.05, 0) is 18.8 Å². The standard InChI is InChI=1S/C10H16N2O/c1-6-9-7(12-11-6)4-10(2,3)5-8(9)13/h7,9,12H,4-5H2,1-3H3/t7-,9+/m1/s1. The van der Waals surface area contributed by atoms with Gasteiger partial charge in [0.25, 0.3) is 0 Å². The molecule has 1 aliphatic carbocycles. The number of rotatable bonds is 0. The Bertz CT molecular complexity index is 281. The number of hydrazone groups is 1. The fourth-order valence-electron chi connectivity index (χ4n) is 2.49. The SMILES string of the molecule is CC1=NN[C@@H]2CC(C)(C)CC(=O)[C@@H]12. The highest BCUT2D eigenvalue weighted by atomic mass is 16.1. The molecule has 72 valence electrons. The molecule has 0 spiro atoms. The van der Waals surface area contributed by atoms with Crippen molar-refractivity contribution in [2.75, 3.05) is 0 Å². The molecule has 1 N–H and O–H groups in total. The lowest BCUT2D eigenvalue weighted by atomic mass is 9.69. The Morgan fingerprint density at radius 3 is 2.92 bits per heavy atom. The molecule has 1 saturated carbocycles. The van der Waals surface area contributed by atoms with Crippen LogP contribution in [0.2, 0.25) is 0 Å². The summed E-state index contributed by atoms with van der Waals surface area (Å²) in [5, 5.41) is 4.14. The molecule has 13 heavy (non-hydrogen) atoms. The van der Waals surface area contributed by atoms with Gasteiger partial charge in [-0.2, -0.15) is 5.10 Å². The fourth-order valence-corrected chi connectivity index (χ4v) is 2.49. The summed E-state index contributed by atoms with van der Waals surface area (Å²) < 4.78 is 0. The van der Waals surface area contributed by atoms with Crippen molar-refractivity contribution in [3.63, 3.8) is 0 Å². The van der Waals surface area contributed by atoms with E-state index < -0.39 is 0 Å². The van der Waals surface area contributed by atoms with Crippen LogP contribution in [0.25, 0.3) is 0 Å². The average molecular weight is 180 g/mol. The number of nitrogens with zero attached hydrogens (tertiary/aromatic N) is 1. The topological polar surface area (TPSA) is 41.5 Å². The lowest BCUT2D eigenvalue weighted by Gasteiger charge is -2.35. The third-order valence-corrected chi connectivity index (χ3v) is 3.03. The highest BCUT2D eigenvalue weighted by Crippen LogP contribution is 2.38. The van der Waals surface area contributed by atoms with Gasteiger partial charge in [0.1, 0.15) is 5.78 Å². The van der Waals surface area contributed by atoms with Crippen molar-refractivity contribution in [1.29, 1.82) is 0 Å². The maximum Gasteiger partial charge on any atom is 0.144 e. The van der Waals surface area contributed by atoms with Crippen molar-refractivity contribution in [2.45, 2.75) is 39.7 Å². The van der Waals surface area contributed by atoms with E-state index in [1.54, 1.807) is 0 Å². The molecule has 0 radical (unpaired) electrons. The number of ketones is 1. The van der Waals surface area contributed by atoms with E-state index in [4.69, 9.17) is 0 Å². The first-order chi connectivity index (χ1) is 5.99. The highest BCUT2D eigenvalue weighted by Gasteiger charge is 2.44. The van der Waals surface area contributed by atoms with Crippen molar-refractivity contribution in [3.8, 4) is 0 Å². The molecule has 2 aliphatic rings. The maximum atomic E-state index is 11.8. The van der Waals surface area contributed by atoms with Crippen LogP contribution in [0.3, 0.4) is 0 Å². The van der Waals surface area contributed by atoms with Crippen LogP contribution in [0.1, 0.15) is 33.6 Å². The minimum absolute atomic E-state index is 0.0630. The van der Waals surface area contributed by atoms with E-state index in [-0.39, 0.29) is 17.4 Å². The Morgan fingerprint density at radius 1 is 1.54 bits per heavy atom. The van der Waals surface area contributed by atoms with Crippen LogP contribution >= 0.6 is 0 Å². The molecule has 0 saturated heterocycles. The lowest BCUT2D eigenvalue weighted by molar-refractivity contribution is -0.126. The van der Waals surface area contributed by atoms with E-state index in [1.807, 2.05) is 6.92 Å². The van der Waals surface area contributed by atoms with Gasteiger partial charge in [0.05, 0.1) is 12.0 Å². The molecule has 1 fully saturated rings. The summed E-state index contributed by atoms with van der Waals surface area (Å²) in [6.45, 7) is 6.24. The van der Waals surface area contributed by atoms with Crippen molar-refractivity contribution in [1.82, 2.24) is 5.43 Å². The molecule has 0 bridgehead atoms. The van der Waals surface area contributed by atoms with Crippen LogP contribution in [0.4, 0.5) is 0 Å². The monoisotopic (exact) mass is 180 g/mol. The Morgan fingerprint density at radius 2 is 2.23 bits per heavy atom. The molecule has 2 rings (SSSR count). The number of hydrogen-bond acceptors (Lipinski definition) is 3. The predicted molar refractivity (Wildman–Crippen MR) is 51.5 cm³/mol. The van der Waals surface area contributed by atoms with E-state index in [2.05, 4.69) is 24.4 Å². The Kier molecular flexibility index (Phi) is 1.72. The summed E-state index contributed by atoms with van der Waals surface area (Å²) in [5.41, 5.74) is 4.17. The first kappa shape index (κ1) is 8.73. The van der Waals surface area contributed by atoms with Crippen LogP contribution in [-0.4, -0.2) is 17.5 Å². The van der Waals surface area contributed by atoms with Crippen LogP contribution in [-0.2, 0) is 4.79 Å². The maximum absolute atomic E-state index is 11.8. The Hall–Kier alpha value is -0.860. The van der Waals surface area contributed by atoms with Gasteiger partial charge in [-0.25, -0.2) is 0 Å². The zero-order valence-corrected chi connectivity index (χ0v) is 8.42. The quantitative estimate of drug-likeness (QED) is 0.611. The van der Waals surface area contributed by atoms with Crippen molar-refractivity contribution in [3.05, 3.63) is 0 Å². The van der Waals surface area contributed by atoms with Gasteiger partial charge in [-0.15, -0.1) is 0 Å². The summed E-state index contributed by atoms with van der Waals surface area (Å²) in [4.78, 5) is 11.8. The number of fused-ring (bicyclic) bond motifs is 1. The average Bonchev–Trinajstić information content (AvgIpc) is 2.28. The van der Waals surface area contributed by atoms with Gasteiger partial charge >= 0.3 is 0 Å². The summed E-state index contributed by atoms with van der Waals surface area (Å²) in [7, 11) is 0. The molecule has 0 aromatic heterocycles. The first-order valence-electron chi connectivity index (χ1n) is 4.82. The molecule has 0 aromatic carbocycles. The summed E-state index contributed by atoms with van der Waals surface area (Å²) >= 11 is 0. The molecule has 0 unspecified atom stereocenters. The minimum atomic E-state index is 0.0630. The molecule has 1 aliphatic heterocycles. The van der Waals surface area contributed by atoms with E-state index in [1.165, 1.54) is 0 Å². The Labute approximate surface area is 78.6 Å². The first-order valence-corrected chi connectivity index (χ1v) is 4.82. The van der Waals surface area contributed by atoms with Gasteiger partial charge in [0.2, 0.25) is 0 Å². The molecule has 2 atom stereocenters. The van der Waals surface area contributed by atoms with E-state index >= 15 is 0 Å². The van der Waals surface area contributed by atoms with E-state index in [0.29, 0.717) is 12.2 Å². The summed E-state index contributed by atoms with van der Waals surface area (Å²) in [5.74, 6) is 0.417. The van der Waals surface area contributed by atoms with Crippen LogP contribution in [0.15, 0.2) is 5.10 Å². The number of hydrogen-bond donors (Lipinski definition) is 1. The zero-order valence-electron chi connectivity index (χ0n) is 8.42. The fraction of sp³-hybridized carbons (Fsp3) is 0.800. The third-order valence-electron chi connectivity index (χ3n) is 3.03. The van der Waals surface area contributed by atoms with E-state index in [9.17, 15) is 4.79 Å². The second kappa shape index (κ2) is 2.56. The molecular weight excluding hydrogens is 164 g/mol. The molecule has 0 aromatic rings. The molecule has 3 nitrogen and oxygen atoms in total. The van der Waals surface area contributed by atoms with Crippen molar-refractivity contribution in [2.24, 2.45) is 16.4 Å². The van der Waals surface area contributed by atoms with Crippen molar-refractivity contribution < 1.29 is 4.79 Å². The van der Waals surface area contributed by atoms with Gasteiger partial charge in [-0.3, -0.25) is 4.79 Å². The largest absolute Gasteiger partial charge is 0.306 e. The van der Waals surface area contributed by atoms with Crippen LogP contribution in [0, 0.1) is 11.3 Å². The van der Waals surface area contributed by atoms with Gasteiger partial charge in [0.15, 0.2) is 0 Å². The number of carbonyl (C=O) groups excluding carboxylic acids is 1. The molecule has 1 heterocycles. The zero-order chi connectivity index (χ0) is 9.64. The van der Waals surface area contributed by atoms with Gasteiger partial charge in [-0.1, -0.05) is 13.8 Å². The minimum Gasteiger partial charge on any atom is -0.306 e. The number of Topliss-reactive ketones (excluding diaryl/α,β-unsaturated/α-hetero) is 1. The van der Waals surface area contributed by atoms with Gasteiger partial charge in [0, 0.05) is 12.1 Å². The predicted octanol–water partition coefficient (Wildman–Crippen LogP) is 1.34. The van der Waals surface area contributed by atoms with E-state index in [0.717, 1.165) is 12.1 Å². The second-order valence-electron chi connectivity index (χ2n) is 4.98. The Balaban J connectivity index is 2.22. The van der Waals surface area contributed by atoms with Crippen LogP contribution in [0.5, 0.6) is 0 Å². The molecule has 3 heteroatoms. The van der Waals surface area contributed by atoms with Crippen molar-refractivity contribution >= 4 is 11.5 Å². The smallest absolute Gasteiger partial charge is 0.144 e. The third kappa shape index (κ3) is 1.36. The molecule has 0 amide bonds. The number of nitrogens with one attached hydrogen (secondary N) is 1. The lowest BCUT2D eigenvalue weighted by Crippen LogP contribution is -2.44. The van der Waals surface area contributed by atoms with Gasteiger partial charge < -0.3 is 5.43 Å². The normalized spacial score (nSPS) is 36.5. The summed E-state index contributed by atoms with van der Waals surface area (Å²) in [6.07, 6.45) is 1.74.